The Kier molecular flexibility index (Phi) is 4.14. The Labute approximate surface area is 115 Å². The quantitative estimate of drug-likeness (QED) is 0.940. The van der Waals surface area contributed by atoms with Gasteiger partial charge in [0.05, 0.1) is 5.41 Å². The molecule has 1 N–H and O–H groups in total. The fourth-order valence-corrected chi connectivity index (χ4v) is 2.37. The summed E-state index contributed by atoms with van der Waals surface area (Å²) in [4.78, 5) is 0. The minimum Gasteiger partial charge on any atom is -0.280 e. The van der Waals surface area contributed by atoms with Gasteiger partial charge in [0, 0.05) is 11.3 Å². The van der Waals surface area contributed by atoms with Crippen molar-refractivity contribution in [3.63, 3.8) is 0 Å². The summed E-state index contributed by atoms with van der Waals surface area (Å²) in [6.45, 7) is 0. The number of anilines is 1. The Morgan fingerprint density at radius 2 is 1.65 bits per heavy atom. The molecule has 3 nitrogen and oxygen atoms in total. The summed E-state index contributed by atoms with van der Waals surface area (Å²) in [5.41, 5.74) is 0.250. The molecule has 0 bridgehead atoms. The van der Waals surface area contributed by atoms with Crippen LogP contribution in [-0.4, -0.2) is 8.42 Å². The van der Waals surface area contributed by atoms with Crippen molar-refractivity contribution in [3.05, 3.63) is 71.1 Å². The monoisotopic (exact) mass is 295 g/mol. The van der Waals surface area contributed by atoms with Gasteiger partial charge in [0.1, 0.15) is 0 Å². The molecule has 0 aliphatic heterocycles. The predicted molar refractivity (Wildman–Crippen MR) is 74.4 cm³/mol. The van der Waals surface area contributed by atoms with E-state index in [0.29, 0.717) is 5.69 Å². The molecule has 0 saturated carbocycles. The molecule has 0 heterocycles. The summed E-state index contributed by atoms with van der Waals surface area (Å²) >= 11 is 0. The molecule has 0 unspecified atom stereocenters. The third-order valence-corrected chi connectivity index (χ3v) is 3.46. The first-order valence-electron chi connectivity index (χ1n) is 5.68. The number of nitrogens with one attached hydrogen (secondary N) is 1. The van der Waals surface area contributed by atoms with Gasteiger partial charge in [-0.25, -0.2) is 17.2 Å². The lowest BCUT2D eigenvalue weighted by molar-refractivity contribution is 0.507. The van der Waals surface area contributed by atoms with Gasteiger partial charge < -0.3 is 0 Å². The van der Waals surface area contributed by atoms with Crippen molar-refractivity contribution in [3.8, 4) is 0 Å². The molecular weight excluding hydrogens is 284 g/mol. The van der Waals surface area contributed by atoms with Crippen LogP contribution in [0.4, 0.5) is 14.5 Å². The second-order valence-electron chi connectivity index (χ2n) is 3.96. The molecule has 0 fully saturated rings. The second kappa shape index (κ2) is 5.83. The van der Waals surface area contributed by atoms with Crippen LogP contribution in [0, 0.1) is 11.6 Å². The number of sulfonamides is 1. The molecule has 0 aliphatic rings. The number of halogens is 2. The van der Waals surface area contributed by atoms with Crippen molar-refractivity contribution in [2.75, 3.05) is 4.72 Å². The zero-order chi connectivity index (χ0) is 14.6. The molecular formula is C14H11F2NO2S. The molecule has 0 saturated heterocycles. The van der Waals surface area contributed by atoms with E-state index in [1.807, 2.05) is 0 Å². The number of hydrogen-bond donors (Lipinski definition) is 1. The number of rotatable bonds is 4. The molecule has 6 heteroatoms. The highest BCUT2D eigenvalue weighted by molar-refractivity contribution is 7.95. The summed E-state index contributed by atoms with van der Waals surface area (Å²) < 4.78 is 52.1. The van der Waals surface area contributed by atoms with E-state index in [1.165, 1.54) is 12.1 Å². The van der Waals surface area contributed by atoms with Gasteiger partial charge in [-0.3, -0.25) is 4.72 Å². The predicted octanol–water partition coefficient (Wildman–Crippen LogP) is 3.38. The SMILES string of the molecule is O=S(=O)(C=Cc1cccc(F)c1F)Nc1ccccc1. The van der Waals surface area contributed by atoms with Crippen LogP contribution in [0.5, 0.6) is 0 Å². The van der Waals surface area contributed by atoms with E-state index >= 15 is 0 Å². The average molecular weight is 295 g/mol. The molecule has 0 spiro atoms. The van der Waals surface area contributed by atoms with E-state index in [4.69, 9.17) is 0 Å². The van der Waals surface area contributed by atoms with Crippen molar-refractivity contribution in [2.24, 2.45) is 0 Å². The van der Waals surface area contributed by atoms with Crippen LogP contribution in [0.2, 0.25) is 0 Å². The van der Waals surface area contributed by atoms with Gasteiger partial charge in [-0.1, -0.05) is 30.3 Å². The molecule has 2 aromatic carbocycles. The molecule has 0 amide bonds. The summed E-state index contributed by atoms with van der Waals surface area (Å²) in [7, 11) is -3.78. The molecule has 2 aromatic rings. The van der Waals surface area contributed by atoms with Crippen LogP contribution >= 0.6 is 0 Å². The van der Waals surface area contributed by atoms with Crippen LogP contribution in [0.3, 0.4) is 0 Å². The topological polar surface area (TPSA) is 46.2 Å². The van der Waals surface area contributed by atoms with Gasteiger partial charge in [0.2, 0.25) is 0 Å². The maximum atomic E-state index is 13.4. The van der Waals surface area contributed by atoms with Gasteiger partial charge in [-0.15, -0.1) is 0 Å². The smallest absolute Gasteiger partial charge is 0.255 e. The third kappa shape index (κ3) is 3.64. The maximum Gasteiger partial charge on any atom is 0.255 e. The van der Waals surface area contributed by atoms with E-state index in [9.17, 15) is 17.2 Å². The van der Waals surface area contributed by atoms with Gasteiger partial charge >= 0.3 is 0 Å². The fourth-order valence-electron chi connectivity index (χ4n) is 1.52. The Morgan fingerprint density at radius 1 is 0.950 bits per heavy atom. The Bertz CT molecular complexity index is 728. The highest BCUT2D eigenvalue weighted by Crippen LogP contribution is 2.14. The van der Waals surface area contributed by atoms with E-state index in [2.05, 4.69) is 4.72 Å². The third-order valence-electron chi connectivity index (χ3n) is 2.44. The lowest BCUT2D eigenvalue weighted by Crippen LogP contribution is -2.08. The second-order valence-corrected chi connectivity index (χ2v) is 5.53. The molecule has 0 atom stereocenters. The van der Waals surface area contributed by atoms with E-state index in [0.717, 1.165) is 17.6 Å². The molecule has 2 rings (SSSR count). The van der Waals surface area contributed by atoms with Crippen LogP contribution in [0.15, 0.2) is 53.9 Å². The van der Waals surface area contributed by atoms with Gasteiger partial charge in [0.15, 0.2) is 11.6 Å². The van der Waals surface area contributed by atoms with E-state index < -0.39 is 21.7 Å². The molecule has 104 valence electrons. The van der Waals surface area contributed by atoms with Crippen LogP contribution in [0.25, 0.3) is 6.08 Å². The normalized spacial score (nSPS) is 11.7. The minimum atomic E-state index is -3.78. The highest BCUT2D eigenvalue weighted by atomic mass is 32.2. The Morgan fingerprint density at radius 3 is 2.35 bits per heavy atom. The zero-order valence-electron chi connectivity index (χ0n) is 10.3. The van der Waals surface area contributed by atoms with Crippen molar-refractivity contribution in [1.29, 1.82) is 0 Å². The van der Waals surface area contributed by atoms with E-state index in [1.54, 1.807) is 30.3 Å². The summed E-state index contributed by atoms with van der Waals surface area (Å²) in [5, 5.41) is 0.790. The molecule has 0 radical (unpaired) electrons. The molecule has 20 heavy (non-hydrogen) atoms. The standard InChI is InChI=1S/C14H11F2NO2S/c15-13-8-4-5-11(14(13)16)9-10-20(18,19)17-12-6-2-1-3-7-12/h1-10,17H. The van der Waals surface area contributed by atoms with Crippen molar-refractivity contribution in [2.45, 2.75) is 0 Å². The minimum absolute atomic E-state index is 0.136. The van der Waals surface area contributed by atoms with Gasteiger partial charge in [-0.2, -0.15) is 0 Å². The first-order chi connectivity index (χ1) is 9.48. The van der Waals surface area contributed by atoms with Crippen molar-refractivity contribution < 1.29 is 17.2 Å². The van der Waals surface area contributed by atoms with Gasteiger partial charge in [-0.05, 0) is 24.3 Å². The Balaban J connectivity index is 2.20. The number of hydrogen-bond acceptors (Lipinski definition) is 2. The molecule has 0 aromatic heterocycles. The first-order valence-corrected chi connectivity index (χ1v) is 7.22. The zero-order valence-corrected chi connectivity index (χ0v) is 11.1. The van der Waals surface area contributed by atoms with Gasteiger partial charge in [0.25, 0.3) is 10.0 Å². The first kappa shape index (κ1) is 14.2. The van der Waals surface area contributed by atoms with Crippen LogP contribution < -0.4 is 4.72 Å². The van der Waals surface area contributed by atoms with Crippen molar-refractivity contribution in [1.82, 2.24) is 0 Å². The highest BCUT2D eigenvalue weighted by Gasteiger charge is 2.08. The number of benzene rings is 2. The van der Waals surface area contributed by atoms with Crippen LogP contribution in [-0.2, 0) is 10.0 Å². The van der Waals surface area contributed by atoms with E-state index in [-0.39, 0.29) is 5.56 Å². The largest absolute Gasteiger partial charge is 0.280 e. The lowest BCUT2D eigenvalue weighted by Gasteiger charge is -2.03. The Hall–Kier alpha value is -2.21. The summed E-state index contributed by atoms with van der Waals surface area (Å²) in [6, 6.07) is 11.8. The fraction of sp³-hybridized carbons (Fsp3) is 0. The lowest BCUT2D eigenvalue weighted by atomic mass is 10.2. The molecule has 0 aliphatic carbocycles. The average Bonchev–Trinajstić information content (AvgIpc) is 2.41. The summed E-state index contributed by atoms with van der Waals surface area (Å²) in [6.07, 6.45) is 1.00. The van der Waals surface area contributed by atoms with Crippen molar-refractivity contribution >= 4 is 21.8 Å². The summed E-state index contributed by atoms with van der Waals surface area (Å²) in [5.74, 6) is -2.11. The number of para-hydroxylation sites is 1. The van der Waals surface area contributed by atoms with Crippen LogP contribution in [0.1, 0.15) is 5.56 Å². The maximum absolute atomic E-state index is 13.4.